The van der Waals surface area contributed by atoms with Gasteiger partial charge in [-0.2, -0.15) is 0 Å². The van der Waals surface area contributed by atoms with E-state index in [1.54, 1.807) is 0 Å². The average molecular weight is 238 g/mol. The largest absolute Gasteiger partial charge is 0.367 e. The lowest BCUT2D eigenvalue weighted by atomic mass is 10.1. The van der Waals surface area contributed by atoms with Gasteiger partial charge in [0.2, 0.25) is 11.9 Å². The van der Waals surface area contributed by atoms with Crippen LogP contribution in [0.4, 0.5) is 5.95 Å². The van der Waals surface area contributed by atoms with Crippen molar-refractivity contribution in [3.05, 3.63) is 6.33 Å². The summed E-state index contributed by atoms with van der Waals surface area (Å²) in [4.78, 5) is 17.6. The molecule has 7 heteroatoms. The normalized spacial score (nSPS) is 20.6. The highest BCUT2D eigenvalue weighted by atomic mass is 16.2. The third kappa shape index (κ3) is 3.42. The Balaban J connectivity index is 1.71. The number of hydrogen-bond donors (Lipinski definition) is 2. The number of anilines is 1. The van der Waals surface area contributed by atoms with Crippen molar-refractivity contribution in [3.8, 4) is 0 Å². The SMILES string of the molecule is CN1CCC(CNC(=O)Cn2cnc(N)n2)C1. The van der Waals surface area contributed by atoms with Gasteiger partial charge in [-0.25, -0.2) is 9.67 Å². The number of carbonyl (C=O) groups is 1. The number of nitrogen functional groups attached to an aromatic ring is 1. The summed E-state index contributed by atoms with van der Waals surface area (Å²) in [5.41, 5.74) is 5.36. The van der Waals surface area contributed by atoms with Gasteiger partial charge >= 0.3 is 0 Å². The molecular weight excluding hydrogens is 220 g/mol. The van der Waals surface area contributed by atoms with Crippen LogP contribution in [0.1, 0.15) is 6.42 Å². The van der Waals surface area contributed by atoms with E-state index < -0.39 is 0 Å². The number of amides is 1. The average Bonchev–Trinajstić information content (AvgIpc) is 2.85. The van der Waals surface area contributed by atoms with Crippen LogP contribution in [-0.2, 0) is 11.3 Å². The Kier molecular flexibility index (Phi) is 3.58. The minimum Gasteiger partial charge on any atom is -0.367 e. The van der Waals surface area contributed by atoms with Crippen LogP contribution in [0.5, 0.6) is 0 Å². The summed E-state index contributed by atoms with van der Waals surface area (Å²) >= 11 is 0. The van der Waals surface area contributed by atoms with Crippen LogP contribution in [0, 0.1) is 5.92 Å². The molecule has 3 N–H and O–H groups in total. The fourth-order valence-corrected chi connectivity index (χ4v) is 2.04. The molecule has 94 valence electrons. The van der Waals surface area contributed by atoms with Gasteiger partial charge in [0.1, 0.15) is 12.9 Å². The van der Waals surface area contributed by atoms with Crippen molar-refractivity contribution in [2.45, 2.75) is 13.0 Å². The molecule has 0 bridgehead atoms. The molecule has 1 saturated heterocycles. The molecule has 0 spiro atoms. The van der Waals surface area contributed by atoms with Crippen molar-refractivity contribution in [3.63, 3.8) is 0 Å². The van der Waals surface area contributed by atoms with Crippen molar-refractivity contribution < 1.29 is 4.79 Å². The topological polar surface area (TPSA) is 89.1 Å². The second-order valence-corrected chi connectivity index (χ2v) is 4.52. The quantitative estimate of drug-likeness (QED) is 0.697. The summed E-state index contributed by atoms with van der Waals surface area (Å²) in [6.45, 7) is 3.07. The number of rotatable bonds is 4. The van der Waals surface area contributed by atoms with Crippen molar-refractivity contribution in [1.82, 2.24) is 25.0 Å². The smallest absolute Gasteiger partial charge is 0.241 e. The summed E-state index contributed by atoms with van der Waals surface area (Å²) in [7, 11) is 2.10. The lowest BCUT2D eigenvalue weighted by Crippen LogP contribution is -2.33. The number of hydrogen-bond acceptors (Lipinski definition) is 5. The van der Waals surface area contributed by atoms with E-state index in [4.69, 9.17) is 5.73 Å². The molecule has 0 saturated carbocycles. The van der Waals surface area contributed by atoms with E-state index in [-0.39, 0.29) is 18.4 Å². The van der Waals surface area contributed by atoms with Gasteiger partial charge in [-0.3, -0.25) is 4.79 Å². The molecule has 0 aromatic carbocycles. The summed E-state index contributed by atoms with van der Waals surface area (Å²) in [5.74, 6) is 0.699. The van der Waals surface area contributed by atoms with Gasteiger partial charge in [-0.1, -0.05) is 0 Å². The molecule has 1 aromatic rings. The van der Waals surface area contributed by atoms with Gasteiger partial charge in [-0.15, -0.1) is 5.10 Å². The van der Waals surface area contributed by atoms with E-state index in [1.165, 1.54) is 11.0 Å². The van der Waals surface area contributed by atoms with E-state index in [9.17, 15) is 4.79 Å². The molecule has 1 unspecified atom stereocenters. The number of nitrogens with one attached hydrogen (secondary N) is 1. The first-order valence-corrected chi connectivity index (χ1v) is 5.73. The molecule has 1 aromatic heterocycles. The van der Waals surface area contributed by atoms with E-state index in [0.29, 0.717) is 5.92 Å². The van der Waals surface area contributed by atoms with Gasteiger partial charge < -0.3 is 16.0 Å². The minimum absolute atomic E-state index is 0.0514. The van der Waals surface area contributed by atoms with E-state index >= 15 is 0 Å². The monoisotopic (exact) mass is 238 g/mol. The van der Waals surface area contributed by atoms with Crippen LogP contribution in [-0.4, -0.2) is 52.3 Å². The maximum absolute atomic E-state index is 11.6. The maximum atomic E-state index is 11.6. The molecule has 0 aliphatic carbocycles. The molecular formula is C10H18N6O. The predicted molar refractivity (Wildman–Crippen MR) is 63.0 cm³/mol. The third-order valence-corrected chi connectivity index (χ3v) is 2.94. The third-order valence-electron chi connectivity index (χ3n) is 2.94. The highest BCUT2D eigenvalue weighted by Gasteiger charge is 2.19. The van der Waals surface area contributed by atoms with Crippen LogP contribution < -0.4 is 11.1 Å². The number of nitrogens with zero attached hydrogens (tertiary/aromatic N) is 4. The standard InChI is InChI=1S/C10H18N6O/c1-15-3-2-8(5-15)4-12-9(17)6-16-7-13-10(11)14-16/h7-8H,2-6H2,1H3,(H2,11,14)(H,12,17). The van der Waals surface area contributed by atoms with Crippen LogP contribution in [0.15, 0.2) is 6.33 Å². The molecule has 17 heavy (non-hydrogen) atoms. The first-order valence-electron chi connectivity index (χ1n) is 5.73. The summed E-state index contributed by atoms with van der Waals surface area (Å²) in [6.07, 6.45) is 2.60. The summed E-state index contributed by atoms with van der Waals surface area (Å²) in [6, 6.07) is 0. The molecule has 2 rings (SSSR count). The molecule has 0 radical (unpaired) electrons. The van der Waals surface area contributed by atoms with Crippen LogP contribution in [0.2, 0.25) is 0 Å². The molecule has 1 aliphatic heterocycles. The van der Waals surface area contributed by atoms with Crippen molar-refractivity contribution >= 4 is 11.9 Å². The summed E-state index contributed by atoms with van der Waals surface area (Å²) in [5, 5.41) is 6.76. The Bertz CT molecular complexity index is 390. The molecule has 1 aliphatic rings. The van der Waals surface area contributed by atoms with Gasteiger partial charge in [0, 0.05) is 13.1 Å². The molecule has 1 fully saturated rings. The lowest BCUT2D eigenvalue weighted by Gasteiger charge is -2.11. The Morgan fingerprint density at radius 1 is 1.71 bits per heavy atom. The van der Waals surface area contributed by atoms with Crippen molar-refractivity contribution in [2.75, 3.05) is 32.4 Å². The van der Waals surface area contributed by atoms with Gasteiger partial charge in [-0.05, 0) is 25.9 Å². The highest BCUT2D eigenvalue weighted by molar-refractivity contribution is 5.75. The Labute approximate surface area is 100.0 Å². The van der Waals surface area contributed by atoms with Gasteiger partial charge in [0.05, 0.1) is 0 Å². The highest BCUT2D eigenvalue weighted by Crippen LogP contribution is 2.12. The van der Waals surface area contributed by atoms with E-state index in [2.05, 4.69) is 27.3 Å². The Hall–Kier alpha value is -1.63. The van der Waals surface area contributed by atoms with E-state index in [1.807, 2.05) is 0 Å². The van der Waals surface area contributed by atoms with Crippen molar-refractivity contribution in [2.24, 2.45) is 5.92 Å². The molecule has 7 nitrogen and oxygen atoms in total. The predicted octanol–water partition coefficient (Wildman–Crippen LogP) is -1.07. The zero-order valence-electron chi connectivity index (χ0n) is 9.96. The number of nitrogens with two attached hydrogens (primary N) is 1. The van der Waals surface area contributed by atoms with Crippen LogP contribution in [0.25, 0.3) is 0 Å². The Morgan fingerprint density at radius 2 is 2.53 bits per heavy atom. The lowest BCUT2D eigenvalue weighted by molar-refractivity contribution is -0.122. The first-order chi connectivity index (χ1) is 8.13. The number of carbonyl (C=O) groups excluding carboxylic acids is 1. The van der Waals surface area contributed by atoms with Gasteiger partial charge in [0.15, 0.2) is 0 Å². The number of likely N-dealkylation sites (tertiary alicyclic amines) is 1. The van der Waals surface area contributed by atoms with Crippen LogP contribution >= 0.6 is 0 Å². The second-order valence-electron chi connectivity index (χ2n) is 4.52. The summed E-state index contributed by atoms with van der Waals surface area (Å²) < 4.78 is 1.44. The minimum atomic E-state index is -0.0514. The number of aromatic nitrogens is 3. The van der Waals surface area contributed by atoms with Crippen LogP contribution in [0.3, 0.4) is 0 Å². The van der Waals surface area contributed by atoms with Gasteiger partial charge in [0.25, 0.3) is 0 Å². The zero-order valence-corrected chi connectivity index (χ0v) is 9.96. The first kappa shape index (κ1) is 11.8. The van der Waals surface area contributed by atoms with Crippen molar-refractivity contribution in [1.29, 1.82) is 0 Å². The fourth-order valence-electron chi connectivity index (χ4n) is 2.04. The molecule has 1 amide bonds. The Morgan fingerprint density at radius 3 is 3.12 bits per heavy atom. The maximum Gasteiger partial charge on any atom is 0.241 e. The molecule has 1 atom stereocenters. The zero-order chi connectivity index (χ0) is 12.3. The second kappa shape index (κ2) is 5.13. The van der Waals surface area contributed by atoms with E-state index in [0.717, 1.165) is 26.1 Å². The molecule has 2 heterocycles. The fraction of sp³-hybridized carbons (Fsp3) is 0.700.